The predicted octanol–water partition coefficient (Wildman–Crippen LogP) is 4.41. The smallest absolute Gasteiger partial charge is 0.157 e. The van der Waals surface area contributed by atoms with E-state index in [1.54, 1.807) is 7.11 Å². The highest BCUT2D eigenvalue weighted by Gasteiger charge is 2.30. The van der Waals surface area contributed by atoms with Gasteiger partial charge in [-0.3, -0.25) is 4.99 Å². The first-order valence-electron chi connectivity index (χ1n) is 9.48. The molecule has 1 unspecified atom stereocenters. The Morgan fingerprint density at radius 1 is 1.15 bits per heavy atom. The van der Waals surface area contributed by atoms with E-state index in [9.17, 15) is 0 Å². The first kappa shape index (κ1) is 24.4. The van der Waals surface area contributed by atoms with Gasteiger partial charge in [0.2, 0.25) is 0 Å². The Labute approximate surface area is 180 Å². The van der Waals surface area contributed by atoms with E-state index in [-0.39, 0.29) is 30.4 Å². The second-order valence-corrected chi connectivity index (χ2v) is 8.52. The molecule has 2 aliphatic heterocycles. The van der Waals surface area contributed by atoms with Crippen LogP contribution in [0.2, 0.25) is 0 Å². The highest BCUT2D eigenvalue weighted by molar-refractivity contribution is 8.13. The van der Waals surface area contributed by atoms with Crippen LogP contribution >= 0.6 is 36.6 Å². The van der Waals surface area contributed by atoms with Crippen LogP contribution in [0.1, 0.15) is 38.2 Å². The van der Waals surface area contributed by atoms with Gasteiger partial charge in [0, 0.05) is 5.75 Å². The van der Waals surface area contributed by atoms with Crippen molar-refractivity contribution in [2.24, 2.45) is 4.99 Å². The standard InChI is InChI=1S/C20H31N3OS.2ClH/c1-20(15-17-7-9-18(24-2)10-8-17)16-21-19(22-20)25-14-6-5-13-23-11-3-4-12-23;;/h7-10H,3-6,11-16H2,1-2H3,(H,21,22);2*1H. The number of ether oxygens (including phenoxy) is 1. The van der Waals surface area contributed by atoms with Gasteiger partial charge in [0.1, 0.15) is 5.75 Å². The number of benzene rings is 1. The summed E-state index contributed by atoms with van der Waals surface area (Å²) >= 11 is 1.89. The van der Waals surface area contributed by atoms with E-state index in [0.717, 1.165) is 29.6 Å². The topological polar surface area (TPSA) is 36.9 Å². The Bertz CT molecular complexity index is 579. The molecule has 0 radical (unpaired) electrons. The third kappa shape index (κ3) is 7.72. The van der Waals surface area contributed by atoms with Crippen molar-refractivity contribution in [1.82, 2.24) is 10.2 Å². The summed E-state index contributed by atoms with van der Waals surface area (Å²) < 4.78 is 5.23. The zero-order valence-corrected chi connectivity index (χ0v) is 18.9. The highest BCUT2D eigenvalue weighted by Crippen LogP contribution is 2.23. The maximum absolute atomic E-state index is 5.23. The molecule has 0 saturated carbocycles. The Morgan fingerprint density at radius 2 is 1.85 bits per heavy atom. The third-order valence-corrected chi connectivity index (χ3v) is 6.04. The Hall–Kier alpha value is -0.620. The molecule has 0 aliphatic carbocycles. The van der Waals surface area contributed by atoms with Gasteiger partial charge in [-0.15, -0.1) is 24.8 Å². The molecule has 154 valence electrons. The molecule has 2 heterocycles. The van der Waals surface area contributed by atoms with Crippen LogP contribution in [0.25, 0.3) is 0 Å². The summed E-state index contributed by atoms with van der Waals surface area (Å²) in [5.41, 5.74) is 1.36. The molecule has 3 rings (SSSR count). The average Bonchev–Trinajstić information content (AvgIpc) is 3.25. The fourth-order valence-corrected chi connectivity index (χ4v) is 4.59. The van der Waals surface area contributed by atoms with Gasteiger partial charge in [-0.05, 0) is 76.4 Å². The van der Waals surface area contributed by atoms with Crippen molar-refractivity contribution in [2.75, 3.05) is 39.0 Å². The van der Waals surface area contributed by atoms with Crippen molar-refractivity contribution in [3.63, 3.8) is 0 Å². The SMILES string of the molecule is COc1ccc(CC2(C)CN=C(SCCCCN3CCCC3)N2)cc1.Cl.Cl. The van der Waals surface area contributed by atoms with Crippen LogP contribution in [-0.4, -0.2) is 54.6 Å². The summed E-state index contributed by atoms with van der Waals surface area (Å²) in [6, 6.07) is 8.36. The van der Waals surface area contributed by atoms with E-state index in [0.29, 0.717) is 0 Å². The number of thioether (sulfide) groups is 1. The van der Waals surface area contributed by atoms with Crippen molar-refractivity contribution >= 4 is 41.7 Å². The van der Waals surface area contributed by atoms with Gasteiger partial charge in [-0.1, -0.05) is 23.9 Å². The molecule has 0 spiro atoms. The quantitative estimate of drug-likeness (QED) is 0.615. The molecule has 1 fully saturated rings. The van der Waals surface area contributed by atoms with E-state index in [1.165, 1.54) is 50.9 Å². The highest BCUT2D eigenvalue weighted by atomic mass is 35.5. The summed E-state index contributed by atoms with van der Waals surface area (Å²) in [4.78, 5) is 7.33. The molecule has 1 aromatic rings. The lowest BCUT2D eigenvalue weighted by Gasteiger charge is -2.25. The van der Waals surface area contributed by atoms with Crippen molar-refractivity contribution in [1.29, 1.82) is 0 Å². The number of hydrogen-bond acceptors (Lipinski definition) is 5. The minimum absolute atomic E-state index is 0. The molecule has 1 atom stereocenters. The lowest BCUT2D eigenvalue weighted by molar-refractivity contribution is 0.333. The van der Waals surface area contributed by atoms with E-state index >= 15 is 0 Å². The molecular weight excluding hydrogens is 401 g/mol. The fraction of sp³-hybridized carbons (Fsp3) is 0.650. The molecule has 0 aromatic heterocycles. The summed E-state index contributed by atoms with van der Waals surface area (Å²) in [6.07, 6.45) is 6.35. The lowest BCUT2D eigenvalue weighted by atomic mass is 9.94. The largest absolute Gasteiger partial charge is 0.497 e. The molecule has 0 bridgehead atoms. The number of amidine groups is 1. The van der Waals surface area contributed by atoms with Crippen molar-refractivity contribution < 1.29 is 4.74 Å². The molecule has 1 saturated heterocycles. The van der Waals surface area contributed by atoms with E-state index in [2.05, 4.69) is 29.3 Å². The third-order valence-electron chi connectivity index (χ3n) is 5.04. The predicted molar refractivity (Wildman–Crippen MR) is 122 cm³/mol. The molecular formula is C20H33Cl2N3OS. The number of methoxy groups -OCH3 is 1. The van der Waals surface area contributed by atoms with Crippen molar-refractivity contribution in [3.8, 4) is 5.75 Å². The maximum Gasteiger partial charge on any atom is 0.157 e. The summed E-state index contributed by atoms with van der Waals surface area (Å²) in [6.45, 7) is 7.02. The number of hydrogen-bond donors (Lipinski definition) is 1. The van der Waals surface area contributed by atoms with Crippen LogP contribution in [0.4, 0.5) is 0 Å². The first-order chi connectivity index (χ1) is 12.2. The summed E-state index contributed by atoms with van der Waals surface area (Å²) in [7, 11) is 1.71. The van der Waals surface area contributed by atoms with Crippen LogP contribution in [0.5, 0.6) is 5.75 Å². The Kier molecular flexibility index (Phi) is 10.9. The summed E-state index contributed by atoms with van der Waals surface area (Å²) in [5, 5.41) is 4.77. The van der Waals surface area contributed by atoms with Gasteiger partial charge in [-0.2, -0.15) is 0 Å². The second-order valence-electron chi connectivity index (χ2n) is 7.44. The lowest BCUT2D eigenvalue weighted by Crippen LogP contribution is -2.44. The maximum atomic E-state index is 5.23. The molecule has 0 amide bonds. The zero-order chi connectivity index (χ0) is 17.5. The fourth-order valence-electron chi connectivity index (χ4n) is 3.57. The van der Waals surface area contributed by atoms with Gasteiger partial charge >= 0.3 is 0 Å². The average molecular weight is 434 g/mol. The number of likely N-dealkylation sites (tertiary alicyclic amines) is 1. The number of nitrogens with one attached hydrogen (secondary N) is 1. The molecule has 2 aliphatic rings. The number of rotatable bonds is 8. The minimum Gasteiger partial charge on any atom is -0.497 e. The monoisotopic (exact) mass is 433 g/mol. The van der Waals surface area contributed by atoms with Crippen LogP contribution < -0.4 is 10.1 Å². The minimum atomic E-state index is 0. The van der Waals surface area contributed by atoms with E-state index in [4.69, 9.17) is 9.73 Å². The van der Waals surface area contributed by atoms with Gasteiger partial charge in [0.05, 0.1) is 19.2 Å². The van der Waals surface area contributed by atoms with Gasteiger partial charge in [0.15, 0.2) is 5.17 Å². The van der Waals surface area contributed by atoms with Crippen LogP contribution in [0.15, 0.2) is 29.3 Å². The molecule has 7 heteroatoms. The van der Waals surface area contributed by atoms with E-state index in [1.807, 2.05) is 23.9 Å². The number of aliphatic imine (C=N–C) groups is 1. The number of halogens is 2. The molecule has 27 heavy (non-hydrogen) atoms. The zero-order valence-electron chi connectivity index (χ0n) is 16.4. The molecule has 1 aromatic carbocycles. The van der Waals surface area contributed by atoms with Crippen molar-refractivity contribution in [3.05, 3.63) is 29.8 Å². The Morgan fingerprint density at radius 3 is 2.52 bits per heavy atom. The first-order valence-corrected chi connectivity index (χ1v) is 10.5. The summed E-state index contributed by atoms with van der Waals surface area (Å²) in [5.74, 6) is 2.08. The van der Waals surface area contributed by atoms with Crippen LogP contribution in [0.3, 0.4) is 0 Å². The number of nitrogens with zero attached hydrogens (tertiary/aromatic N) is 2. The van der Waals surface area contributed by atoms with Crippen LogP contribution in [-0.2, 0) is 6.42 Å². The van der Waals surface area contributed by atoms with Crippen LogP contribution in [0, 0.1) is 0 Å². The van der Waals surface area contributed by atoms with Crippen molar-refractivity contribution in [2.45, 2.75) is 44.6 Å². The molecule has 4 nitrogen and oxygen atoms in total. The van der Waals surface area contributed by atoms with Gasteiger partial charge < -0.3 is 15.0 Å². The normalized spacial score (nSPS) is 21.8. The van der Waals surface area contributed by atoms with E-state index < -0.39 is 0 Å². The van der Waals surface area contributed by atoms with Gasteiger partial charge in [0.25, 0.3) is 0 Å². The Balaban J connectivity index is 0.00000182. The number of unbranched alkanes of at least 4 members (excludes halogenated alkanes) is 1. The second kappa shape index (κ2) is 12.1. The molecule has 1 N–H and O–H groups in total. The van der Waals surface area contributed by atoms with Gasteiger partial charge in [-0.25, -0.2) is 0 Å².